The lowest BCUT2D eigenvalue weighted by atomic mass is 10.0. The first-order valence-electron chi connectivity index (χ1n) is 17.7. The van der Waals surface area contributed by atoms with Gasteiger partial charge in [0.25, 0.3) is 0 Å². The van der Waals surface area contributed by atoms with Gasteiger partial charge in [-0.2, -0.15) is 0 Å². The molecule has 8 aromatic carbocycles. The van der Waals surface area contributed by atoms with Crippen LogP contribution in [0.25, 0.3) is 93.1 Å². The van der Waals surface area contributed by atoms with Gasteiger partial charge in [-0.05, 0) is 71.8 Å². The van der Waals surface area contributed by atoms with Gasteiger partial charge >= 0.3 is 0 Å². The second-order valence-electron chi connectivity index (χ2n) is 13.7. The second-order valence-corrected chi connectivity index (χ2v) is 13.7. The molecule has 0 aliphatic carbocycles. The van der Waals surface area contributed by atoms with Crippen LogP contribution in [0.4, 0.5) is 17.1 Å². The molecule has 52 heavy (non-hydrogen) atoms. The van der Waals surface area contributed by atoms with E-state index in [0.29, 0.717) is 0 Å². The highest BCUT2D eigenvalue weighted by molar-refractivity contribution is 6.23. The molecule has 0 atom stereocenters. The highest BCUT2D eigenvalue weighted by Gasteiger charge is 2.20. The average molecular weight is 665 g/mol. The fourth-order valence-corrected chi connectivity index (χ4v) is 8.57. The Balaban J connectivity index is 1.01. The van der Waals surface area contributed by atoms with E-state index < -0.39 is 0 Å². The van der Waals surface area contributed by atoms with Crippen molar-refractivity contribution in [2.75, 3.05) is 4.90 Å². The number of nitrogens with zero attached hydrogens (tertiary/aromatic N) is 2. The fourth-order valence-electron chi connectivity index (χ4n) is 8.57. The fraction of sp³-hybridized carbons (Fsp3) is 0. The minimum absolute atomic E-state index is 0.857. The molecule has 0 fully saturated rings. The van der Waals surface area contributed by atoms with E-state index in [-0.39, 0.29) is 0 Å². The van der Waals surface area contributed by atoms with Crippen LogP contribution in [-0.4, -0.2) is 4.40 Å². The molecule has 0 aliphatic heterocycles. The van der Waals surface area contributed by atoms with Crippen molar-refractivity contribution in [1.29, 1.82) is 0 Å². The van der Waals surface area contributed by atoms with Gasteiger partial charge in [0.05, 0.1) is 16.6 Å². The third-order valence-electron chi connectivity index (χ3n) is 10.9. The Morgan fingerprint density at radius 2 is 0.808 bits per heavy atom. The molecule has 12 rings (SSSR count). The molecule has 0 saturated heterocycles. The highest BCUT2D eigenvalue weighted by atomic mass is 16.3. The van der Waals surface area contributed by atoms with Gasteiger partial charge in [0.2, 0.25) is 0 Å². The van der Waals surface area contributed by atoms with Crippen LogP contribution in [0, 0.1) is 0 Å². The van der Waals surface area contributed by atoms with Gasteiger partial charge in [0.15, 0.2) is 0 Å². The maximum atomic E-state index is 6.36. The summed E-state index contributed by atoms with van der Waals surface area (Å²) in [5.41, 5.74) is 12.7. The van der Waals surface area contributed by atoms with Crippen molar-refractivity contribution in [2.24, 2.45) is 0 Å². The van der Waals surface area contributed by atoms with E-state index in [9.17, 15) is 0 Å². The molecule has 0 saturated carbocycles. The predicted octanol–water partition coefficient (Wildman–Crippen LogP) is 13.8. The number of hydrogen-bond acceptors (Lipinski definition) is 3. The van der Waals surface area contributed by atoms with Crippen molar-refractivity contribution < 1.29 is 8.83 Å². The maximum absolute atomic E-state index is 6.36. The Labute approximate surface area is 297 Å². The molecule has 0 N–H and O–H groups in total. The predicted molar refractivity (Wildman–Crippen MR) is 216 cm³/mol. The van der Waals surface area contributed by atoms with Crippen molar-refractivity contribution in [3.8, 4) is 11.1 Å². The summed E-state index contributed by atoms with van der Waals surface area (Å²) in [7, 11) is 0. The molecule has 242 valence electrons. The SMILES string of the molecule is c1ccc2c(c1)oc1cc(N(c3ccc(-c4ccc5c6cccc7c8ccccc8n(c5c4)c76)cc3)c3ccc4c(c3)oc3ccccc34)ccc12. The first-order valence-corrected chi connectivity index (χ1v) is 17.7. The maximum Gasteiger partial charge on any atom is 0.137 e. The number of aromatic nitrogens is 1. The normalized spacial score (nSPS) is 12.2. The second kappa shape index (κ2) is 10.3. The van der Waals surface area contributed by atoms with Crippen LogP contribution in [0.1, 0.15) is 0 Å². The molecule has 0 unspecified atom stereocenters. The Morgan fingerprint density at radius 1 is 0.327 bits per heavy atom. The Kier molecular flexibility index (Phi) is 5.47. The van der Waals surface area contributed by atoms with E-state index in [1.165, 1.54) is 43.7 Å². The summed E-state index contributed by atoms with van der Waals surface area (Å²) in [4.78, 5) is 2.28. The molecule has 0 radical (unpaired) electrons. The van der Waals surface area contributed by atoms with Gasteiger partial charge in [-0.1, -0.05) is 97.1 Å². The van der Waals surface area contributed by atoms with Crippen LogP contribution in [0.5, 0.6) is 0 Å². The minimum Gasteiger partial charge on any atom is -0.456 e. The Bertz CT molecular complexity index is 3250. The van der Waals surface area contributed by atoms with Gasteiger partial charge in [-0.25, -0.2) is 0 Å². The van der Waals surface area contributed by atoms with E-state index in [4.69, 9.17) is 8.83 Å². The number of fused-ring (bicyclic) bond motifs is 12. The molecule has 0 bridgehead atoms. The zero-order valence-electron chi connectivity index (χ0n) is 27.9. The standard InChI is InChI=1S/C48H28N2O2/c1-4-13-42-34(8-1)40-11-7-12-41-35-23-18-30(26-43(35)50(42)48(40)41)29-16-19-31(20-17-29)49(32-21-24-38-36-9-2-5-14-44(36)51-46(38)27-32)33-22-25-39-37-10-3-6-15-45(37)52-47(39)28-33/h1-28H. The summed E-state index contributed by atoms with van der Waals surface area (Å²) in [5, 5.41) is 9.62. The van der Waals surface area contributed by atoms with E-state index in [2.05, 4.69) is 155 Å². The Morgan fingerprint density at radius 3 is 1.46 bits per heavy atom. The summed E-state index contributed by atoms with van der Waals surface area (Å²) in [6.07, 6.45) is 0. The van der Waals surface area contributed by atoms with Crippen molar-refractivity contribution in [3.05, 3.63) is 170 Å². The van der Waals surface area contributed by atoms with Crippen LogP contribution >= 0.6 is 0 Å². The summed E-state index contributed by atoms with van der Waals surface area (Å²) in [6.45, 7) is 0. The van der Waals surface area contributed by atoms with Gasteiger partial charge in [0.1, 0.15) is 22.3 Å². The van der Waals surface area contributed by atoms with E-state index in [1.807, 2.05) is 24.3 Å². The number of furan rings is 2. The van der Waals surface area contributed by atoms with Gasteiger partial charge in [-0.15, -0.1) is 0 Å². The topological polar surface area (TPSA) is 33.9 Å². The van der Waals surface area contributed by atoms with Crippen LogP contribution in [0.15, 0.2) is 179 Å². The molecule has 0 amide bonds. The quantitative estimate of drug-likeness (QED) is 0.188. The zero-order chi connectivity index (χ0) is 33.9. The van der Waals surface area contributed by atoms with Gasteiger partial charge in [-0.3, -0.25) is 0 Å². The summed E-state index contributed by atoms with van der Waals surface area (Å²) >= 11 is 0. The molecular formula is C48H28N2O2. The molecule has 4 nitrogen and oxygen atoms in total. The molecule has 4 aromatic heterocycles. The number of benzene rings is 8. The number of hydrogen-bond donors (Lipinski definition) is 0. The van der Waals surface area contributed by atoms with Crippen LogP contribution < -0.4 is 4.90 Å². The largest absolute Gasteiger partial charge is 0.456 e. The first kappa shape index (κ1) is 27.7. The summed E-state index contributed by atoms with van der Waals surface area (Å²) in [5.74, 6) is 0. The number of rotatable bonds is 4. The smallest absolute Gasteiger partial charge is 0.137 e. The van der Waals surface area contributed by atoms with E-state index in [1.54, 1.807) is 0 Å². The molecule has 0 aliphatic rings. The number of anilines is 3. The third-order valence-corrected chi connectivity index (χ3v) is 10.9. The molecule has 4 heteroatoms. The van der Waals surface area contributed by atoms with Crippen molar-refractivity contribution in [3.63, 3.8) is 0 Å². The lowest BCUT2D eigenvalue weighted by Gasteiger charge is -2.25. The average Bonchev–Trinajstić information content (AvgIpc) is 3.94. The third kappa shape index (κ3) is 3.81. The number of para-hydroxylation sites is 4. The van der Waals surface area contributed by atoms with E-state index >= 15 is 0 Å². The monoisotopic (exact) mass is 664 g/mol. The lowest BCUT2D eigenvalue weighted by molar-refractivity contribution is 0.669. The van der Waals surface area contributed by atoms with Crippen LogP contribution in [0.2, 0.25) is 0 Å². The van der Waals surface area contributed by atoms with Gasteiger partial charge < -0.3 is 18.1 Å². The lowest BCUT2D eigenvalue weighted by Crippen LogP contribution is -2.09. The zero-order valence-corrected chi connectivity index (χ0v) is 27.9. The van der Waals surface area contributed by atoms with Crippen molar-refractivity contribution >= 4 is 99.0 Å². The summed E-state index contributed by atoms with van der Waals surface area (Å²) < 4.78 is 15.2. The molecule has 12 aromatic rings. The molecule has 0 spiro atoms. The minimum atomic E-state index is 0.857. The Hall–Kier alpha value is -7.04. The highest BCUT2D eigenvalue weighted by Crippen LogP contribution is 2.43. The molecule has 4 heterocycles. The van der Waals surface area contributed by atoms with Crippen LogP contribution in [0.3, 0.4) is 0 Å². The van der Waals surface area contributed by atoms with Gasteiger partial charge in [0, 0.05) is 72.3 Å². The van der Waals surface area contributed by atoms with Crippen molar-refractivity contribution in [1.82, 2.24) is 4.40 Å². The van der Waals surface area contributed by atoms with Crippen molar-refractivity contribution in [2.45, 2.75) is 0 Å². The first-order chi connectivity index (χ1) is 25.8. The van der Waals surface area contributed by atoms with E-state index in [0.717, 1.165) is 66.5 Å². The summed E-state index contributed by atoms with van der Waals surface area (Å²) in [6, 6.07) is 60.6. The molecular weight excluding hydrogens is 637 g/mol. The van der Waals surface area contributed by atoms with Crippen LogP contribution in [-0.2, 0) is 0 Å².